The fraction of sp³-hybridized carbons (Fsp3) is 0.679. The van der Waals surface area contributed by atoms with Crippen LogP contribution in [0.2, 0.25) is 0 Å². The van der Waals surface area contributed by atoms with E-state index in [-0.39, 0.29) is 48.6 Å². The summed E-state index contributed by atoms with van der Waals surface area (Å²) in [7, 11) is 0. The van der Waals surface area contributed by atoms with E-state index in [1.807, 2.05) is 12.1 Å². The molecular weight excluding hydrogens is 416 g/mol. The van der Waals surface area contributed by atoms with Gasteiger partial charge in [0.2, 0.25) is 0 Å². The second-order valence-corrected chi connectivity index (χ2v) is 10.9. The number of carbonyl (C=O) groups excluding carboxylic acids is 1. The second kappa shape index (κ2) is 10.6. The summed E-state index contributed by atoms with van der Waals surface area (Å²) in [5, 5.41) is 20.1. The maximum Gasteiger partial charge on any atom is 0.184 e. The summed E-state index contributed by atoms with van der Waals surface area (Å²) >= 11 is 0. The number of ether oxygens (including phenoxy) is 2. The molecule has 0 bridgehead atoms. The molecule has 0 amide bonds. The van der Waals surface area contributed by atoms with E-state index in [1.165, 1.54) is 25.7 Å². The maximum absolute atomic E-state index is 12.7. The van der Waals surface area contributed by atoms with Gasteiger partial charge in [-0.2, -0.15) is 0 Å². The van der Waals surface area contributed by atoms with Crippen LogP contribution in [0.5, 0.6) is 11.5 Å². The number of fused-ring (bicyclic) bond motifs is 3. The van der Waals surface area contributed by atoms with E-state index in [0.29, 0.717) is 6.42 Å². The van der Waals surface area contributed by atoms with Crippen LogP contribution < -0.4 is 4.74 Å². The van der Waals surface area contributed by atoms with Crippen LogP contribution in [0.3, 0.4) is 0 Å². The van der Waals surface area contributed by atoms with Crippen molar-refractivity contribution in [2.75, 3.05) is 19.8 Å². The highest BCUT2D eigenvalue weighted by molar-refractivity contribution is 5.96. The number of aliphatic hydroxyl groups excluding tert-OH is 1. The predicted octanol–water partition coefficient (Wildman–Crippen LogP) is 5.81. The third kappa shape index (κ3) is 5.81. The monoisotopic (exact) mass is 458 g/mol. The number of benzene rings is 1. The zero-order chi connectivity index (χ0) is 24.2. The largest absolute Gasteiger partial charge is 0.508 e. The Balaban J connectivity index is 1.87. The summed E-state index contributed by atoms with van der Waals surface area (Å²) in [6, 6.07) is 4.04. The number of hydrogen-bond acceptors (Lipinski definition) is 5. The standard InChI is InChI=1S/C28H42O5/c1-6-7-8-9-12-27(2,3)20-16-23(30)26-21-15-19(24(31)18-32-14-13-29)10-11-22(21)28(4,5)33-25(26)17-20/h10,16-17,21-22,29-30H,6-9,11-15,18H2,1-5H3/t21-,22-/m1/s1. The number of phenolic OH excluding ortho intramolecular Hbond substituents is 1. The van der Waals surface area contributed by atoms with Crippen LogP contribution in [0.1, 0.15) is 96.6 Å². The maximum atomic E-state index is 12.7. The van der Waals surface area contributed by atoms with E-state index in [4.69, 9.17) is 14.6 Å². The van der Waals surface area contributed by atoms with Gasteiger partial charge in [-0.1, -0.05) is 52.5 Å². The number of carbonyl (C=O) groups is 1. The third-order valence-electron chi connectivity index (χ3n) is 7.56. The van der Waals surface area contributed by atoms with Gasteiger partial charge in [0.15, 0.2) is 5.78 Å². The minimum atomic E-state index is -0.396. The molecule has 2 aliphatic rings. The molecule has 2 N–H and O–H groups in total. The number of phenols is 1. The summed E-state index contributed by atoms with van der Waals surface area (Å²) in [4.78, 5) is 12.7. The average Bonchev–Trinajstić information content (AvgIpc) is 2.75. The van der Waals surface area contributed by atoms with Crippen molar-refractivity contribution >= 4 is 5.78 Å². The van der Waals surface area contributed by atoms with Gasteiger partial charge in [-0.05, 0) is 61.8 Å². The van der Waals surface area contributed by atoms with Crippen LogP contribution in [0.15, 0.2) is 23.8 Å². The second-order valence-electron chi connectivity index (χ2n) is 10.9. The Labute approximate surface area is 199 Å². The quantitative estimate of drug-likeness (QED) is 0.409. The highest BCUT2D eigenvalue weighted by Crippen LogP contribution is 2.55. The van der Waals surface area contributed by atoms with E-state index in [2.05, 4.69) is 40.7 Å². The van der Waals surface area contributed by atoms with Gasteiger partial charge < -0.3 is 19.7 Å². The molecule has 1 aromatic carbocycles. The number of rotatable bonds is 11. The first-order chi connectivity index (χ1) is 15.6. The molecule has 0 saturated carbocycles. The van der Waals surface area contributed by atoms with Gasteiger partial charge in [0.1, 0.15) is 23.7 Å². The van der Waals surface area contributed by atoms with Crippen molar-refractivity contribution in [3.05, 3.63) is 34.9 Å². The van der Waals surface area contributed by atoms with Gasteiger partial charge in [0.05, 0.1) is 13.2 Å². The van der Waals surface area contributed by atoms with Crippen molar-refractivity contribution in [1.29, 1.82) is 0 Å². The van der Waals surface area contributed by atoms with Gasteiger partial charge in [-0.25, -0.2) is 0 Å². The first-order valence-corrected chi connectivity index (χ1v) is 12.6. The SMILES string of the molecule is CCCCCCC(C)(C)c1cc(O)c2c(c1)OC(C)(C)[C@@H]1CC=C(C(=O)COCCO)C[C@@H]21. The lowest BCUT2D eigenvalue weighted by Gasteiger charge is -2.47. The van der Waals surface area contributed by atoms with Crippen molar-refractivity contribution < 1.29 is 24.5 Å². The molecule has 0 aromatic heterocycles. The first-order valence-electron chi connectivity index (χ1n) is 12.6. The van der Waals surface area contributed by atoms with E-state index >= 15 is 0 Å². The number of unbranched alkanes of at least 4 members (excludes halogenated alkanes) is 3. The number of hydrogen-bond donors (Lipinski definition) is 2. The molecule has 0 spiro atoms. The highest BCUT2D eigenvalue weighted by Gasteiger charge is 2.47. The van der Waals surface area contributed by atoms with E-state index < -0.39 is 5.60 Å². The molecule has 184 valence electrons. The van der Waals surface area contributed by atoms with Crippen LogP contribution in [0, 0.1) is 5.92 Å². The van der Waals surface area contributed by atoms with Crippen molar-refractivity contribution in [3.8, 4) is 11.5 Å². The number of allylic oxidation sites excluding steroid dienone is 1. The molecule has 1 heterocycles. The van der Waals surface area contributed by atoms with E-state index in [0.717, 1.165) is 35.3 Å². The normalized spacial score (nSPS) is 21.6. The molecule has 0 unspecified atom stereocenters. The lowest BCUT2D eigenvalue weighted by molar-refractivity contribution is -0.120. The average molecular weight is 459 g/mol. The number of aliphatic hydroxyl groups is 1. The van der Waals surface area contributed by atoms with Crippen molar-refractivity contribution in [2.24, 2.45) is 5.92 Å². The molecule has 3 rings (SSSR count). The molecule has 1 aromatic rings. The summed E-state index contributed by atoms with van der Waals surface area (Å²) in [5.74, 6) is 1.19. The number of ketones is 1. The fourth-order valence-corrected chi connectivity index (χ4v) is 5.47. The molecule has 0 saturated heterocycles. The summed E-state index contributed by atoms with van der Waals surface area (Å²) in [5.41, 5.74) is 2.23. The molecule has 2 atom stereocenters. The smallest absolute Gasteiger partial charge is 0.184 e. The zero-order valence-corrected chi connectivity index (χ0v) is 21.1. The van der Waals surface area contributed by atoms with Gasteiger partial charge in [0.25, 0.3) is 0 Å². The Morgan fingerprint density at radius 2 is 2.00 bits per heavy atom. The zero-order valence-electron chi connectivity index (χ0n) is 21.1. The molecule has 0 radical (unpaired) electrons. The predicted molar refractivity (Wildman–Crippen MR) is 131 cm³/mol. The van der Waals surface area contributed by atoms with E-state index in [9.17, 15) is 9.90 Å². The number of Topliss-reactive ketones (excluding diaryl/α,β-unsaturated/α-hetero) is 1. The Hall–Kier alpha value is -1.85. The third-order valence-corrected chi connectivity index (χ3v) is 7.56. The molecular formula is C28H42O5. The molecule has 0 fully saturated rings. The van der Waals surface area contributed by atoms with Gasteiger partial charge in [-0.3, -0.25) is 4.79 Å². The Kier molecular flexibility index (Phi) is 8.28. The summed E-state index contributed by atoms with van der Waals surface area (Å²) < 4.78 is 11.8. The van der Waals surface area contributed by atoms with Gasteiger partial charge in [-0.15, -0.1) is 0 Å². The molecule has 1 aliphatic heterocycles. The Morgan fingerprint density at radius 1 is 1.24 bits per heavy atom. The lowest BCUT2D eigenvalue weighted by Crippen LogP contribution is -2.46. The fourth-order valence-electron chi connectivity index (χ4n) is 5.47. The van der Waals surface area contributed by atoms with Crippen molar-refractivity contribution in [1.82, 2.24) is 0 Å². The molecule has 33 heavy (non-hydrogen) atoms. The van der Waals surface area contributed by atoms with Crippen molar-refractivity contribution in [3.63, 3.8) is 0 Å². The van der Waals surface area contributed by atoms with Crippen LogP contribution >= 0.6 is 0 Å². The van der Waals surface area contributed by atoms with Crippen molar-refractivity contribution in [2.45, 2.75) is 96.5 Å². The van der Waals surface area contributed by atoms with Crippen LogP contribution in [-0.2, 0) is 14.9 Å². The number of aromatic hydroxyl groups is 1. The van der Waals surface area contributed by atoms with Crippen LogP contribution in [-0.4, -0.2) is 41.4 Å². The van der Waals surface area contributed by atoms with Crippen LogP contribution in [0.25, 0.3) is 0 Å². The molecule has 5 heteroatoms. The van der Waals surface area contributed by atoms with Gasteiger partial charge in [0, 0.05) is 17.4 Å². The lowest BCUT2D eigenvalue weighted by atomic mass is 9.66. The summed E-state index contributed by atoms with van der Waals surface area (Å²) in [6.45, 7) is 11.0. The minimum Gasteiger partial charge on any atom is -0.508 e. The van der Waals surface area contributed by atoms with Crippen LogP contribution in [0.4, 0.5) is 0 Å². The minimum absolute atomic E-state index is 0.0202. The topological polar surface area (TPSA) is 76.0 Å². The first kappa shape index (κ1) is 25.8. The van der Waals surface area contributed by atoms with Gasteiger partial charge >= 0.3 is 0 Å². The highest BCUT2D eigenvalue weighted by atomic mass is 16.5. The molecule has 1 aliphatic carbocycles. The van der Waals surface area contributed by atoms with E-state index in [1.54, 1.807) is 0 Å². The Bertz CT molecular complexity index is 867. The summed E-state index contributed by atoms with van der Waals surface area (Å²) in [6.07, 6.45) is 9.24. The Morgan fingerprint density at radius 3 is 2.70 bits per heavy atom. The molecule has 5 nitrogen and oxygen atoms in total.